The summed E-state index contributed by atoms with van der Waals surface area (Å²) in [7, 11) is 2.19. The van der Waals surface area contributed by atoms with Crippen LogP contribution >= 0.6 is 0 Å². The predicted octanol–water partition coefficient (Wildman–Crippen LogP) is 2.24. The van der Waals surface area contributed by atoms with Crippen molar-refractivity contribution in [3.8, 4) is 0 Å². The maximum Gasteiger partial charge on any atom is 0.323 e. The third-order valence-corrected chi connectivity index (χ3v) is 5.09. The topological polar surface area (TPSA) is 52.6 Å². The third-order valence-electron chi connectivity index (χ3n) is 5.09. The summed E-state index contributed by atoms with van der Waals surface area (Å²) in [5.74, 6) is -0.664. The van der Waals surface area contributed by atoms with Gasteiger partial charge in [0.25, 0.3) is 0 Å². The quantitative estimate of drug-likeness (QED) is 0.775. The molecule has 2 aliphatic rings. The average Bonchev–Trinajstić information content (AvgIpc) is 3.05. The molecule has 2 saturated carbocycles. The Morgan fingerprint density at radius 3 is 2.58 bits per heavy atom. The van der Waals surface area contributed by atoms with Crippen LogP contribution in [-0.4, -0.2) is 47.2 Å². The van der Waals surface area contributed by atoms with Gasteiger partial charge in [-0.3, -0.25) is 4.79 Å². The number of carboxylic acids is 1. The Labute approximate surface area is 116 Å². The Balaban J connectivity index is 1.97. The highest BCUT2D eigenvalue weighted by Gasteiger charge is 2.46. The van der Waals surface area contributed by atoms with Crippen LogP contribution in [-0.2, 0) is 4.79 Å². The van der Waals surface area contributed by atoms with Crippen LogP contribution in [0.5, 0.6) is 0 Å². The molecular weight excluding hydrogens is 240 g/mol. The van der Waals surface area contributed by atoms with Crippen molar-refractivity contribution in [1.29, 1.82) is 0 Å². The first-order chi connectivity index (χ1) is 9.09. The summed E-state index contributed by atoms with van der Waals surface area (Å²) in [6, 6.07) is 1.12. The normalized spacial score (nSPS) is 32.3. The highest BCUT2D eigenvalue weighted by atomic mass is 16.4. The van der Waals surface area contributed by atoms with E-state index in [4.69, 9.17) is 0 Å². The summed E-state index contributed by atoms with van der Waals surface area (Å²) in [5, 5.41) is 12.9. The van der Waals surface area contributed by atoms with Crippen molar-refractivity contribution in [3.05, 3.63) is 0 Å². The Morgan fingerprint density at radius 2 is 2.00 bits per heavy atom. The molecule has 19 heavy (non-hydrogen) atoms. The second-order valence-corrected chi connectivity index (χ2v) is 6.31. The molecule has 0 aliphatic heterocycles. The van der Waals surface area contributed by atoms with Gasteiger partial charge < -0.3 is 15.3 Å². The molecule has 2 N–H and O–H groups in total. The van der Waals surface area contributed by atoms with E-state index in [1.807, 2.05) is 0 Å². The number of hydrogen-bond acceptors (Lipinski definition) is 3. The molecule has 0 bridgehead atoms. The van der Waals surface area contributed by atoms with Crippen molar-refractivity contribution in [2.75, 3.05) is 13.6 Å². The van der Waals surface area contributed by atoms with Gasteiger partial charge in [0.05, 0.1) is 0 Å². The number of carboxylic acid groups (broad SMARTS) is 1. The SMILES string of the molecule is CCCNC1(C(=O)O)CCC(N(C)C2CCCC2)C1. The van der Waals surface area contributed by atoms with Gasteiger partial charge in [0.1, 0.15) is 5.54 Å². The highest BCUT2D eigenvalue weighted by molar-refractivity contribution is 5.79. The van der Waals surface area contributed by atoms with Crippen molar-refractivity contribution >= 4 is 5.97 Å². The molecule has 2 rings (SSSR count). The molecule has 0 aromatic carbocycles. The standard InChI is InChI=1S/C15H28N2O2/c1-3-10-16-15(14(18)19)9-8-13(11-15)17(2)12-6-4-5-7-12/h12-13,16H,3-11H2,1-2H3,(H,18,19). The minimum absolute atomic E-state index is 0.434. The summed E-state index contributed by atoms with van der Waals surface area (Å²) in [5.41, 5.74) is -0.673. The van der Waals surface area contributed by atoms with Crippen LogP contribution in [0.3, 0.4) is 0 Å². The van der Waals surface area contributed by atoms with E-state index in [1.165, 1.54) is 25.7 Å². The maximum absolute atomic E-state index is 11.6. The minimum Gasteiger partial charge on any atom is -0.480 e. The van der Waals surface area contributed by atoms with Gasteiger partial charge in [-0.15, -0.1) is 0 Å². The van der Waals surface area contributed by atoms with Gasteiger partial charge in [0, 0.05) is 12.1 Å². The minimum atomic E-state index is -0.673. The molecule has 2 aliphatic carbocycles. The monoisotopic (exact) mass is 268 g/mol. The Bertz CT molecular complexity index is 315. The number of nitrogens with one attached hydrogen (secondary N) is 1. The van der Waals surface area contributed by atoms with E-state index < -0.39 is 11.5 Å². The third kappa shape index (κ3) is 3.11. The number of rotatable bonds is 6. The molecule has 0 spiro atoms. The maximum atomic E-state index is 11.6. The summed E-state index contributed by atoms with van der Waals surface area (Å²) in [4.78, 5) is 14.1. The van der Waals surface area contributed by atoms with E-state index in [0.29, 0.717) is 12.1 Å². The molecule has 0 heterocycles. The van der Waals surface area contributed by atoms with Crippen LogP contribution < -0.4 is 5.32 Å². The Morgan fingerprint density at radius 1 is 1.32 bits per heavy atom. The molecule has 110 valence electrons. The van der Waals surface area contributed by atoms with Gasteiger partial charge in [-0.2, -0.15) is 0 Å². The second-order valence-electron chi connectivity index (χ2n) is 6.31. The van der Waals surface area contributed by atoms with E-state index in [0.717, 1.165) is 32.2 Å². The van der Waals surface area contributed by atoms with Crippen molar-refractivity contribution in [2.24, 2.45) is 0 Å². The molecule has 0 amide bonds. The molecule has 0 radical (unpaired) electrons. The lowest BCUT2D eigenvalue weighted by molar-refractivity contribution is -0.144. The highest BCUT2D eigenvalue weighted by Crippen LogP contribution is 2.36. The van der Waals surface area contributed by atoms with Gasteiger partial charge in [0.15, 0.2) is 0 Å². The molecule has 0 saturated heterocycles. The number of hydrogen-bond donors (Lipinski definition) is 2. The average molecular weight is 268 g/mol. The zero-order valence-corrected chi connectivity index (χ0v) is 12.3. The van der Waals surface area contributed by atoms with Gasteiger partial charge in [-0.1, -0.05) is 19.8 Å². The van der Waals surface area contributed by atoms with Crippen LogP contribution in [0.1, 0.15) is 58.3 Å². The van der Waals surface area contributed by atoms with Crippen molar-refractivity contribution in [2.45, 2.75) is 75.9 Å². The van der Waals surface area contributed by atoms with Crippen molar-refractivity contribution in [3.63, 3.8) is 0 Å². The van der Waals surface area contributed by atoms with E-state index in [9.17, 15) is 9.90 Å². The zero-order valence-electron chi connectivity index (χ0n) is 12.3. The van der Waals surface area contributed by atoms with Crippen LogP contribution in [0.15, 0.2) is 0 Å². The van der Waals surface area contributed by atoms with Crippen LogP contribution in [0.2, 0.25) is 0 Å². The summed E-state index contributed by atoms with van der Waals surface area (Å²) < 4.78 is 0. The fourth-order valence-corrected chi connectivity index (χ4v) is 3.77. The molecule has 2 unspecified atom stereocenters. The van der Waals surface area contributed by atoms with E-state index in [2.05, 4.69) is 24.2 Å². The number of aliphatic carboxylic acids is 1. The largest absolute Gasteiger partial charge is 0.480 e. The molecule has 4 heteroatoms. The molecular formula is C15H28N2O2. The lowest BCUT2D eigenvalue weighted by Gasteiger charge is -2.32. The van der Waals surface area contributed by atoms with Gasteiger partial charge in [-0.25, -0.2) is 0 Å². The Hall–Kier alpha value is -0.610. The van der Waals surface area contributed by atoms with E-state index in [-0.39, 0.29) is 0 Å². The van der Waals surface area contributed by atoms with Gasteiger partial charge in [-0.05, 0) is 52.1 Å². The molecule has 4 nitrogen and oxygen atoms in total. The molecule has 2 atom stereocenters. The fraction of sp³-hybridized carbons (Fsp3) is 0.933. The molecule has 0 aromatic rings. The zero-order chi connectivity index (χ0) is 13.9. The summed E-state index contributed by atoms with van der Waals surface area (Å²) in [6.07, 6.45) is 8.76. The van der Waals surface area contributed by atoms with Gasteiger partial charge in [0.2, 0.25) is 0 Å². The van der Waals surface area contributed by atoms with E-state index >= 15 is 0 Å². The van der Waals surface area contributed by atoms with Gasteiger partial charge >= 0.3 is 5.97 Å². The smallest absolute Gasteiger partial charge is 0.323 e. The lowest BCUT2D eigenvalue weighted by atomic mass is 9.97. The Kier molecular flexibility index (Phi) is 4.85. The predicted molar refractivity (Wildman–Crippen MR) is 76.3 cm³/mol. The fourth-order valence-electron chi connectivity index (χ4n) is 3.77. The molecule has 2 fully saturated rings. The van der Waals surface area contributed by atoms with Crippen molar-refractivity contribution in [1.82, 2.24) is 10.2 Å². The molecule has 0 aromatic heterocycles. The van der Waals surface area contributed by atoms with E-state index in [1.54, 1.807) is 0 Å². The second kappa shape index (κ2) is 6.23. The summed E-state index contributed by atoms with van der Waals surface area (Å²) in [6.45, 7) is 2.88. The first-order valence-electron chi connectivity index (χ1n) is 7.79. The first kappa shape index (κ1) is 14.8. The first-order valence-corrected chi connectivity index (χ1v) is 7.79. The number of nitrogens with zero attached hydrogens (tertiary/aromatic N) is 1. The van der Waals surface area contributed by atoms with Crippen molar-refractivity contribution < 1.29 is 9.90 Å². The van der Waals surface area contributed by atoms with Crippen LogP contribution in [0.4, 0.5) is 0 Å². The van der Waals surface area contributed by atoms with Crippen LogP contribution in [0, 0.1) is 0 Å². The van der Waals surface area contributed by atoms with Crippen LogP contribution in [0.25, 0.3) is 0 Å². The lowest BCUT2D eigenvalue weighted by Crippen LogP contribution is -2.51. The number of carbonyl (C=O) groups is 1. The summed E-state index contributed by atoms with van der Waals surface area (Å²) >= 11 is 0.